The Hall–Kier alpha value is -2.88. The van der Waals surface area contributed by atoms with Gasteiger partial charge < -0.3 is 10.6 Å². The Morgan fingerprint density at radius 3 is 1.15 bits per heavy atom. The smallest absolute Gasteiger partial charge is 0.270 e. The molecular weight excluding hydrogens is 500 g/mol. The summed E-state index contributed by atoms with van der Waals surface area (Å²) in [6, 6.07) is 10.9. The molecule has 33 heavy (non-hydrogen) atoms. The Kier molecular flexibility index (Phi) is 12.4. The van der Waals surface area contributed by atoms with Crippen LogP contribution in [0.15, 0.2) is 58.3 Å². The van der Waals surface area contributed by atoms with E-state index in [-0.39, 0.29) is 59.3 Å². The van der Waals surface area contributed by atoms with Crippen molar-refractivity contribution in [1.29, 1.82) is 10.5 Å². The van der Waals surface area contributed by atoms with Crippen molar-refractivity contribution in [3.63, 3.8) is 0 Å². The monoisotopic (exact) mass is 518 g/mol. The number of carbonyl (C=O) groups is 2. The molecule has 2 rings (SSSR count). The van der Waals surface area contributed by atoms with Crippen molar-refractivity contribution < 1.29 is 26.4 Å². The van der Waals surface area contributed by atoms with Gasteiger partial charge in [-0.05, 0) is 48.5 Å². The van der Waals surface area contributed by atoms with Gasteiger partial charge in [0.2, 0.25) is 11.8 Å². The molecule has 12 nitrogen and oxygen atoms in total. The number of nitrogens with zero attached hydrogens (tertiary/aromatic N) is 2. The van der Waals surface area contributed by atoms with Crippen LogP contribution in [0.25, 0.3) is 0 Å². The molecule has 0 bridgehead atoms. The minimum atomic E-state index is -3.78. The van der Waals surface area contributed by atoms with Crippen LogP contribution in [0.3, 0.4) is 0 Å². The first kappa shape index (κ1) is 30.1. The van der Waals surface area contributed by atoms with Crippen LogP contribution in [0.5, 0.6) is 0 Å². The van der Waals surface area contributed by atoms with Crippen molar-refractivity contribution in [2.75, 3.05) is 10.6 Å². The molecule has 0 unspecified atom stereocenters. The molecule has 0 fully saturated rings. The van der Waals surface area contributed by atoms with E-state index in [2.05, 4.69) is 10.6 Å². The molecule has 0 aliphatic heterocycles. The average Bonchev–Trinajstić information content (AvgIpc) is 2.68. The fourth-order valence-corrected chi connectivity index (χ4v) is 3.54. The molecule has 2 amide bonds. The molecule has 4 N–H and O–H groups in total. The quantitative estimate of drug-likeness (QED) is 0.240. The van der Waals surface area contributed by atoms with Crippen LogP contribution in [-0.4, -0.2) is 66.4 Å². The van der Waals surface area contributed by atoms with Gasteiger partial charge in [0.05, 0.1) is 9.79 Å². The molecule has 0 aromatic heterocycles. The van der Waals surface area contributed by atoms with Gasteiger partial charge in [-0.2, -0.15) is 10.5 Å². The van der Waals surface area contributed by atoms with Gasteiger partial charge in [-0.25, -0.2) is 26.3 Å². The third-order valence-electron chi connectivity index (χ3n) is 3.33. The van der Waals surface area contributed by atoms with Gasteiger partial charge in [-0.3, -0.25) is 9.59 Å². The third-order valence-corrected chi connectivity index (χ3v) is 5.84. The van der Waals surface area contributed by atoms with Crippen LogP contribution >= 0.6 is 0 Å². The summed E-state index contributed by atoms with van der Waals surface area (Å²) in [6.45, 7) is 2.70. The van der Waals surface area contributed by atoms with Crippen LogP contribution in [0.4, 0.5) is 11.4 Å². The number of nitriles is 2. The topological polar surface area (TPSA) is 198 Å². The third kappa shape index (κ3) is 10.5. The van der Waals surface area contributed by atoms with E-state index in [1.807, 2.05) is 0 Å². The van der Waals surface area contributed by atoms with E-state index in [0.29, 0.717) is 11.4 Å². The van der Waals surface area contributed by atoms with Crippen molar-refractivity contribution in [1.82, 2.24) is 9.44 Å². The molecule has 0 aliphatic rings. The fourth-order valence-electron chi connectivity index (χ4n) is 2.08. The largest absolute Gasteiger partial charge is 0.326 e. The minimum absolute atomic E-state index is 0. The molecule has 2 aromatic rings. The number of carbonyl (C=O) groups excluding carboxylic acids is 2. The standard InChI is InChI=1S/2C9H9N3O3S.Ca/c2*1-7(13)12-8-2-4-9(5-3-8)16(14,15)11-6-10;/h2*2-5,11H,1H3,(H,12,13);. The van der Waals surface area contributed by atoms with Crippen molar-refractivity contribution in [3.05, 3.63) is 48.5 Å². The molecule has 2 aromatic carbocycles. The number of hydrogen-bond donors (Lipinski definition) is 4. The molecule has 0 atom stereocenters. The maximum Gasteiger partial charge on any atom is 0.270 e. The molecule has 15 heteroatoms. The number of benzene rings is 2. The van der Waals surface area contributed by atoms with Crippen LogP contribution in [0.1, 0.15) is 13.8 Å². The summed E-state index contributed by atoms with van der Waals surface area (Å²) in [5.74, 6) is -0.489. The summed E-state index contributed by atoms with van der Waals surface area (Å²) in [6.07, 6.45) is 2.69. The summed E-state index contributed by atoms with van der Waals surface area (Å²) in [5, 5.41) is 21.5. The van der Waals surface area contributed by atoms with Gasteiger partial charge in [0.1, 0.15) is 0 Å². The molecule has 0 aliphatic carbocycles. The molecule has 170 valence electrons. The summed E-state index contributed by atoms with van der Waals surface area (Å²) in [7, 11) is -7.56. The Labute approximate surface area is 221 Å². The van der Waals surface area contributed by atoms with Crippen LogP contribution in [0, 0.1) is 22.9 Å². The number of nitrogens with one attached hydrogen (secondary N) is 4. The fraction of sp³-hybridized carbons (Fsp3) is 0.111. The zero-order chi connectivity index (χ0) is 24.4. The van der Waals surface area contributed by atoms with Gasteiger partial charge in [0, 0.05) is 63.0 Å². The summed E-state index contributed by atoms with van der Waals surface area (Å²) in [5.41, 5.74) is 0.979. The van der Waals surface area contributed by atoms with Crippen molar-refractivity contribution >= 4 is 81.0 Å². The molecular formula is C18H18CaN6O6S2. The van der Waals surface area contributed by atoms with Crippen molar-refractivity contribution in [2.45, 2.75) is 23.6 Å². The zero-order valence-corrected chi connectivity index (χ0v) is 21.3. The Balaban J connectivity index is 0.000000602. The van der Waals surface area contributed by atoms with E-state index in [1.165, 1.54) is 74.8 Å². The van der Waals surface area contributed by atoms with Crippen molar-refractivity contribution in [3.8, 4) is 12.4 Å². The normalized spacial score (nSPS) is 9.94. The van der Waals surface area contributed by atoms with Crippen LogP contribution in [-0.2, 0) is 29.6 Å². The number of sulfonamides is 2. The van der Waals surface area contributed by atoms with Crippen molar-refractivity contribution in [2.24, 2.45) is 0 Å². The summed E-state index contributed by atoms with van der Waals surface area (Å²) >= 11 is 0. The maximum absolute atomic E-state index is 11.3. The zero-order valence-electron chi connectivity index (χ0n) is 17.5. The molecule has 2 radical (unpaired) electrons. The predicted octanol–water partition coefficient (Wildman–Crippen LogP) is 0.428. The number of rotatable bonds is 6. The number of hydrogen-bond acceptors (Lipinski definition) is 8. The SMILES string of the molecule is CC(=O)Nc1ccc(S(=O)(=O)NC#N)cc1.CC(=O)Nc1ccc(S(=O)(=O)NC#N)cc1.[Ca]. The number of anilines is 2. The van der Waals surface area contributed by atoms with Crippen LogP contribution < -0.4 is 20.1 Å². The van der Waals surface area contributed by atoms with E-state index in [1.54, 1.807) is 9.44 Å². The van der Waals surface area contributed by atoms with E-state index in [4.69, 9.17) is 10.5 Å². The second-order valence-corrected chi connectivity index (χ2v) is 9.21. The second kappa shape index (κ2) is 13.6. The first-order chi connectivity index (χ1) is 14.9. The first-order valence-electron chi connectivity index (χ1n) is 8.48. The Bertz CT molecular complexity index is 1160. The Morgan fingerprint density at radius 1 is 0.667 bits per heavy atom. The van der Waals surface area contributed by atoms with Crippen LogP contribution in [0.2, 0.25) is 0 Å². The van der Waals surface area contributed by atoms with Gasteiger partial charge in [-0.15, -0.1) is 0 Å². The van der Waals surface area contributed by atoms with Gasteiger partial charge in [0.15, 0.2) is 12.4 Å². The number of amides is 2. The molecule has 0 spiro atoms. The molecule has 0 saturated heterocycles. The molecule has 0 heterocycles. The summed E-state index contributed by atoms with van der Waals surface area (Å²) < 4.78 is 48.8. The first-order valence-corrected chi connectivity index (χ1v) is 11.4. The maximum atomic E-state index is 11.3. The second-order valence-electron chi connectivity index (χ2n) is 5.85. The Morgan fingerprint density at radius 2 is 0.939 bits per heavy atom. The summed E-state index contributed by atoms with van der Waals surface area (Å²) in [4.78, 5) is 21.3. The van der Waals surface area contributed by atoms with Gasteiger partial charge >= 0.3 is 0 Å². The van der Waals surface area contributed by atoms with Gasteiger partial charge in [0.25, 0.3) is 20.0 Å². The minimum Gasteiger partial charge on any atom is -0.326 e. The predicted molar refractivity (Wildman–Crippen MR) is 119 cm³/mol. The van der Waals surface area contributed by atoms with E-state index >= 15 is 0 Å². The van der Waals surface area contributed by atoms with E-state index < -0.39 is 20.0 Å². The molecule has 0 saturated carbocycles. The van der Waals surface area contributed by atoms with E-state index in [9.17, 15) is 26.4 Å². The van der Waals surface area contributed by atoms with Gasteiger partial charge in [-0.1, -0.05) is 0 Å². The van der Waals surface area contributed by atoms with E-state index in [0.717, 1.165) is 0 Å². The average molecular weight is 519 g/mol.